The molecule has 1 fully saturated rings. The Hall–Kier alpha value is -0.870. The zero-order valence-electron chi connectivity index (χ0n) is 11.7. The fourth-order valence-electron chi connectivity index (χ4n) is 3.08. The van der Waals surface area contributed by atoms with Crippen LogP contribution in [0, 0.1) is 12.8 Å². The molecule has 1 aliphatic carbocycles. The predicted octanol–water partition coefficient (Wildman–Crippen LogP) is 2.55. The third-order valence-corrected chi connectivity index (χ3v) is 6.12. The second-order valence-electron chi connectivity index (χ2n) is 5.46. The molecule has 3 nitrogen and oxygen atoms in total. The van der Waals surface area contributed by atoms with Crippen molar-refractivity contribution in [1.82, 2.24) is 5.32 Å². The van der Waals surface area contributed by atoms with Crippen LogP contribution >= 0.6 is 0 Å². The van der Waals surface area contributed by atoms with Gasteiger partial charge >= 0.3 is 0 Å². The highest BCUT2D eigenvalue weighted by molar-refractivity contribution is 7.91. The van der Waals surface area contributed by atoms with E-state index in [9.17, 15) is 8.42 Å². The smallest absolute Gasteiger partial charge is 0.178 e. The highest BCUT2D eigenvalue weighted by Gasteiger charge is 2.27. The maximum atomic E-state index is 12.4. The minimum absolute atomic E-state index is 0.265. The number of sulfone groups is 1. The molecule has 1 N–H and O–H groups in total. The van der Waals surface area contributed by atoms with Crippen molar-refractivity contribution in [2.45, 2.75) is 43.5 Å². The standard InChI is InChI=1S/C15H23NO2S/c1-12-6-3-4-9-15(12)19(17,18)11-10-13-7-5-8-14(13)16-2/h3-4,6,9,13-14,16H,5,7-8,10-11H2,1-2H3. The molecule has 1 aromatic carbocycles. The first kappa shape index (κ1) is 14.5. The molecule has 0 spiro atoms. The SMILES string of the molecule is CNC1CCCC1CCS(=O)(=O)c1ccccc1C. The molecule has 1 saturated carbocycles. The van der Waals surface area contributed by atoms with E-state index in [1.165, 1.54) is 12.8 Å². The fourth-order valence-corrected chi connectivity index (χ4v) is 4.76. The van der Waals surface area contributed by atoms with Crippen LogP contribution in [0.4, 0.5) is 0 Å². The van der Waals surface area contributed by atoms with E-state index in [0.29, 0.717) is 16.9 Å². The van der Waals surface area contributed by atoms with Crippen LogP contribution in [0.3, 0.4) is 0 Å². The predicted molar refractivity (Wildman–Crippen MR) is 78.0 cm³/mol. The van der Waals surface area contributed by atoms with E-state index in [4.69, 9.17) is 0 Å². The lowest BCUT2D eigenvalue weighted by Crippen LogP contribution is -2.30. The van der Waals surface area contributed by atoms with Crippen LogP contribution in [0.1, 0.15) is 31.2 Å². The Bertz CT molecular complexity index is 525. The van der Waals surface area contributed by atoms with Gasteiger partial charge in [-0.1, -0.05) is 24.6 Å². The molecule has 2 atom stereocenters. The number of nitrogens with one attached hydrogen (secondary N) is 1. The van der Waals surface area contributed by atoms with Gasteiger partial charge < -0.3 is 5.32 Å². The summed E-state index contributed by atoms with van der Waals surface area (Å²) in [6, 6.07) is 7.74. The second-order valence-corrected chi connectivity index (χ2v) is 7.54. The number of hydrogen-bond donors (Lipinski definition) is 1. The van der Waals surface area contributed by atoms with Gasteiger partial charge in [-0.05, 0) is 50.8 Å². The normalized spacial score (nSPS) is 23.7. The molecule has 0 heterocycles. The van der Waals surface area contributed by atoms with E-state index in [2.05, 4.69) is 5.32 Å². The Labute approximate surface area is 116 Å². The van der Waals surface area contributed by atoms with Gasteiger partial charge in [-0.15, -0.1) is 0 Å². The van der Waals surface area contributed by atoms with Crippen LogP contribution < -0.4 is 5.32 Å². The largest absolute Gasteiger partial charge is 0.317 e. The molecule has 0 saturated heterocycles. The molecule has 2 rings (SSSR count). The zero-order chi connectivity index (χ0) is 13.9. The van der Waals surface area contributed by atoms with Gasteiger partial charge in [0.15, 0.2) is 9.84 Å². The topological polar surface area (TPSA) is 46.2 Å². The molecular formula is C15H23NO2S. The average molecular weight is 281 g/mol. The van der Waals surface area contributed by atoms with Gasteiger partial charge in [-0.3, -0.25) is 0 Å². The Morgan fingerprint density at radius 3 is 2.68 bits per heavy atom. The van der Waals surface area contributed by atoms with Crippen molar-refractivity contribution < 1.29 is 8.42 Å². The van der Waals surface area contributed by atoms with Crippen LogP contribution in [-0.4, -0.2) is 27.3 Å². The molecule has 0 radical (unpaired) electrons. The summed E-state index contributed by atoms with van der Waals surface area (Å²) in [6.45, 7) is 1.86. The van der Waals surface area contributed by atoms with Crippen LogP contribution in [0.15, 0.2) is 29.2 Å². The maximum Gasteiger partial charge on any atom is 0.178 e. The fraction of sp³-hybridized carbons (Fsp3) is 0.600. The quantitative estimate of drug-likeness (QED) is 0.902. The van der Waals surface area contributed by atoms with Crippen LogP contribution in [0.5, 0.6) is 0 Å². The first-order valence-electron chi connectivity index (χ1n) is 7.00. The van der Waals surface area contributed by atoms with Gasteiger partial charge in [0.05, 0.1) is 10.6 Å². The van der Waals surface area contributed by atoms with E-state index < -0.39 is 9.84 Å². The first-order valence-corrected chi connectivity index (χ1v) is 8.65. The first-order chi connectivity index (χ1) is 9.04. The molecule has 4 heteroatoms. The zero-order valence-corrected chi connectivity index (χ0v) is 12.5. The molecular weight excluding hydrogens is 258 g/mol. The highest BCUT2D eigenvalue weighted by Crippen LogP contribution is 2.29. The van der Waals surface area contributed by atoms with E-state index in [1.54, 1.807) is 12.1 Å². The molecule has 2 unspecified atom stereocenters. The lowest BCUT2D eigenvalue weighted by molar-refractivity contribution is 0.414. The third-order valence-electron chi connectivity index (χ3n) is 4.22. The summed E-state index contributed by atoms with van der Waals surface area (Å²) in [5.74, 6) is 0.768. The van der Waals surface area contributed by atoms with Gasteiger partial charge in [-0.2, -0.15) is 0 Å². The molecule has 0 amide bonds. The molecule has 19 heavy (non-hydrogen) atoms. The minimum Gasteiger partial charge on any atom is -0.317 e. The van der Waals surface area contributed by atoms with Crippen molar-refractivity contribution in [3.05, 3.63) is 29.8 Å². The number of benzene rings is 1. The monoisotopic (exact) mass is 281 g/mol. The summed E-state index contributed by atoms with van der Waals surface area (Å²) in [5, 5.41) is 3.31. The van der Waals surface area contributed by atoms with Gasteiger partial charge in [-0.25, -0.2) is 8.42 Å². The summed E-state index contributed by atoms with van der Waals surface area (Å²) < 4.78 is 24.8. The van der Waals surface area contributed by atoms with E-state index >= 15 is 0 Å². The van der Waals surface area contributed by atoms with Gasteiger partial charge in [0, 0.05) is 6.04 Å². The van der Waals surface area contributed by atoms with E-state index in [1.807, 2.05) is 26.1 Å². The van der Waals surface area contributed by atoms with Crippen molar-refractivity contribution in [1.29, 1.82) is 0 Å². The van der Waals surface area contributed by atoms with Crippen molar-refractivity contribution >= 4 is 9.84 Å². The molecule has 106 valence electrons. The molecule has 0 aromatic heterocycles. The summed E-state index contributed by atoms with van der Waals surface area (Å²) in [6.07, 6.45) is 4.29. The van der Waals surface area contributed by atoms with Crippen LogP contribution in [0.2, 0.25) is 0 Å². The summed E-state index contributed by atoms with van der Waals surface area (Å²) in [4.78, 5) is 0.494. The Kier molecular flexibility index (Phi) is 4.63. The molecule has 1 aliphatic rings. The van der Waals surface area contributed by atoms with E-state index in [-0.39, 0.29) is 5.75 Å². The van der Waals surface area contributed by atoms with Crippen molar-refractivity contribution in [2.75, 3.05) is 12.8 Å². The number of aryl methyl sites for hydroxylation is 1. The van der Waals surface area contributed by atoms with Gasteiger partial charge in [0.1, 0.15) is 0 Å². The van der Waals surface area contributed by atoms with Crippen molar-refractivity contribution in [2.24, 2.45) is 5.92 Å². The summed E-state index contributed by atoms with van der Waals surface area (Å²) in [7, 11) is -1.17. The van der Waals surface area contributed by atoms with E-state index in [0.717, 1.165) is 18.4 Å². The second kappa shape index (κ2) is 6.06. The van der Waals surface area contributed by atoms with Gasteiger partial charge in [0.2, 0.25) is 0 Å². The lowest BCUT2D eigenvalue weighted by Gasteiger charge is -2.19. The Morgan fingerprint density at radius 1 is 1.26 bits per heavy atom. The van der Waals surface area contributed by atoms with Crippen LogP contribution in [-0.2, 0) is 9.84 Å². The highest BCUT2D eigenvalue weighted by atomic mass is 32.2. The minimum atomic E-state index is -3.14. The molecule has 0 aliphatic heterocycles. The van der Waals surface area contributed by atoms with Crippen molar-refractivity contribution in [3.63, 3.8) is 0 Å². The average Bonchev–Trinajstić information content (AvgIpc) is 2.84. The number of hydrogen-bond acceptors (Lipinski definition) is 3. The molecule has 1 aromatic rings. The summed E-state index contributed by atoms with van der Waals surface area (Å²) >= 11 is 0. The third kappa shape index (κ3) is 3.37. The van der Waals surface area contributed by atoms with Crippen molar-refractivity contribution in [3.8, 4) is 0 Å². The molecule has 0 bridgehead atoms. The Morgan fingerprint density at radius 2 is 2.00 bits per heavy atom. The lowest BCUT2D eigenvalue weighted by atomic mass is 10.0. The summed E-state index contributed by atoms with van der Waals surface area (Å²) in [5.41, 5.74) is 0.846. The number of rotatable bonds is 5. The van der Waals surface area contributed by atoms with Gasteiger partial charge in [0.25, 0.3) is 0 Å². The maximum absolute atomic E-state index is 12.4. The van der Waals surface area contributed by atoms with Crippen LogP contribution in [0.25, 0.3) is 0 Å². The Balaban J connectivity index is 2.04.